The minimum Gasteiger partial charge on any atom is -0.343 e. The molecule has 1 unspecified atom stereocenters. The highest BCUT2D eigenvalue weighted by Crippen LogP contribution is 2.30. The summed E-state index contributed by atoms with van der Waals surface area (Å²) in [4.78, 5) is 11.1. The highest BCUT2D eigenvalue weighted by atomic mass is 19.3. The van der Waals surface area contributed by atoms with Gasteiger partial charge in [0.25, 0.3) is 5.92 Å². The van der Waals surface area contributed by atoms with Crippen molar-refractivity contribution < 1.29 is 13.6 Å². The summed E-state index contributed by atoms with van der Waals surface area (Å²) < 4.78 is 26.5. The van der Waals surface area contributed by atoms with Crippen LogP contribution in [0, 0.1) is 5.92 Å². The lowest BCUT2D eigenvalue weighted by atomic mass is 9.92. The molecule has 0 aromatic carbocycles. The van der Waals surface area contributed by atoms with Crippen LogP contribution in [0.15, 0.2) is 11.6 Å². The second kappa shape index (κ2) is 3.09. The molecule has 74 valence electrons. The number of carbonyl (C=O) groups excluding carboxylic acids is 1. The maximum Gasteiger partial charge on any atom is 0.287 e. The lowest BCUT2D eigenvalue weighted by Crippen LogP contribution is -2.53. The smallest absolute Gasteiger partial charge is 0.287 e. The number of rotatable bonds is 1. The van der Waals surface area contributed by atoms with E-state index in [9.17, 15) is 13.6 Å². The fraction of sp³-hybridized carbons (Fsp3) is 0.667. The molecule has 0 bridgehead atoms. The van der Waals surface area contributed by atoms with Gasteiger partial charge >= 0.3 is 0 Å². The van der Waals surface area contributed by atoms with Gasteiger partial charge in [0.15, 0.2) is 0 Å². The van der Waals surface area contributed by atoms with Crippen molar-refractivity contribution in [3.63, 3.8) is 0 Å². The molecule has 0 aromatic heterocycles. The van der Waals surface area contributed by atoms with Gasteiger partial charge in [-0.1, -0.05) is 13.8 Å². The molecule has 13 heavy (non-hydrogen) atoms. The first-order valence-corrected chi connectivity index (χ1v) is 4.22. The van der Waals surface area contributed by atoms with Crippen molar-refractivity contribution >= 4 is 5.91 Å². The van der Waals surface area contributed by atoms with Crippen molar-refractivity contribution in [2.24, 2.45) is 5.92 Å². The predicted molar refractivity (Wildman–Crippen MR) is 45.5 cm³/mol. The van der Waals surface area contributed by atoms with Crippen LogP contribution < -0.4 is 5.32 Å². The lowest BCUT2D eigenvalue weighted by molar-refractivity contribution is -0.123. The molecule has 0 saturated carbocycles. The van der Waals surface area contributed by atoms with Crippen molar-refractivity contribution in [2.75, 3.05) is 0 Å². The molecule has 1 atom stereocenters. The molecule has 1 N–H and O–H groups in total. The van der Waals surface area contributed by atoms with Crippen LogP contribution in [0.2, 0.25) is 0 Å². The molecule has 2 nitrogen and oxygen atoms in total. The lowest BCUT2D eigenvalue weighted by Gasteiger charge is -2.32. The first-order chi connectivity index (χ1) is 5.84. The van der Waals surface area contributed by atoms with E-state index < -0.39 is 17.9 Å². The average molecular weight is 189 g/mol. The number of hydrogen-bond donors (Lipinski definition) is 1. The zero-order chi connectivity index (χ0) is 10.2. The van der Waals surface area contributed by atoms with Crippen molar-refractivity contribution in [1.82, 2.24) is 5.32 Å². The molecular weight excluding hydrogens is 176 g/mol. The summed E-state index contributed by atoms with van der Waals surface area (Å²) >= 11 is 0. The maximum absolute atomic E-state index is 13.3. The fourth-order valence-electron chi connectivity index (χ4n) is 1.41. The highest BCUT2D eigenvalue weighted by molar-refractivity contribution is 5.94. The largest absolute Gasteiger partial charge is 0.343 e. The quantitative estimate of drug-likeness (QED) is 0.668. The number of carbonyl (C=O) groups is 1. The standard InChI is InChI=1S/C9H13F2NO/c1-5(2)7-9(10,11)4-6(3)8(13)12-7/h4-5,7H,1-3H3,(H,12,13). The number of alkyl halides is 2. The molecule has 0 aromatic rings. The minimum absolute atomic E-state index is 0.0851. The molecule has 4 heteroatoms. The van der Waals surface area contributed by atoms with E-state index in [4.69, 9.17) is 0 Å². The van der Waals surface area contributed by atoms with Crippen molar-refractivity contribution in [3.8, 4) is 0 Å². The first-order valence-electron chi connectivity index (χ1n) is 4.22. The van der Waals surface area contributed by atoms with E-state index in [1.807, 2.05) is 0 Å². The van der Waals surface area contributed by atoms with E-state index >= 15 is 0 Å². The molecule has 1 amide bonds. The van der Waals surface area contributed by atoms with Crippen LogP contribution in [0.25, 0.3) is 0 Å². The van der Waals surface area contributed by atoms with Gasteiger partial charge in [-0.15, -0.1) is 0 Å². The van der Waals surface area contributed by atoms with Gasteiger partial charge in [-0.25, -0.2) is 0 Å². The zero-order valence-electron chi connectivity index (χ0n) is 7.90. The van der Waals surface area contributed by atoms with Crippen LogP contribution in [0.3, 0.4) is 0 Å². The molecule has 1 aliphatic rings. The molecule has 0 aliphatic carbocycles. The van der Waals surface area contributed by atoms with Crippen LogP contribution in [0.5, 0.6) is 0 Å². The molecule has 0 saturated heterocycles. The Balaban J connectivity index is 2.98. The third-order valence-electron chi connectivity index (χ3n) is 2.14. The van der Waals surface area contributed by atoms with Crippen LogP contribution in [0.4, 0.5) is 8.78 Å². The van der Waals surface area contributed by atoms with E-state index in [0.717, 1.165) is 6.08 Å². The van der Waals surface area contributed by atoms with Gasteiger partial charge in [0.1, 0.15) is 0 Å². The topological polar surface area (TPSA) is 29.1 Å². The Labute approximate surface area is 76.0 Å². The molecule has 1 heterocycles. The Kier molecular flexibility index (Phi) is 2.41. The second-order valence-corrected chi connectivity index (χ2v) is 3.70. The third kappa shape index (κ3) is 1.87. The van der Waals surface area contributed by atoms with E-state index in [-0.39, 0.29) is 11.5 Å². The third-order valence-corrected chi connectivity index (χ3v) is 2.14. The monoisotopic (exact) mass is 189 g/mol. The van der Waals surface area contributed by atoms with Crippen LogP contribution in [-0.4, -0.2) is 17.9 Å². The van der Waals surface area contributed by atoms with Crippen molar-refractivity contribution in [2.45, 2.75) is 32.7 Å². The van der Waals surface area contributed by atoms with E-state index in [1.54, 1.807) is 13.8 Å². The summed E-state index contributed by atoms with van der Waals surface area (Å²) in [6.45, 7) is 4.71. The fourth-order valence-corrected chi connectivity index (χ4v) is 1.41. The van der Waals surface area contributed by atoms with Gasteiger partial charge < -0.3 is 5.32 Å². The van der Waals surface area contributed by atoms with E-state index in [2.05, 4.69) is 5.32 Å². The molecular formula is C9H13F2NO. The summed E-state index contributed by atoms with van der Waals surface area (Å²) in [5.41, 5.74) is 0.0851. The van der Waals surface area contributed by atoms with Gasteiger partial charge in [-0.3, -0.25) is 4.79 Å². The van der Waals surface area contributed by atoms with Gasteiger partial charge in [0.2, 0.25) is 5.91 Å². The van der Waals surface area contributed by atoms with Crippen LogP contribution >= 0.6 is 0 Å². The molecule has 1 rings (SSSR count). The van der Waals surface area contributed by atoms with E-state index in [1.165, 1.54) is 6.92 Å². The predicted octanol–water partition coefficient (Wildman–Crippen LogP) is 1.72. The minimum atomic E-state index is -2.92. The Morgan fingerprint density at radius 1 is 1.54 bits per heavy atom. The number of amides is 1. The summed E-state index contributed by atoms with van der Waals surface area (Å²) in [6, 6.07) is -1.08. The first kappa shape index (κ1) is 10.2. The second-order valence-electron chi connectivity index (χ2n) is 3.70. The number of nitrogens with one attached hydrogen (secondary N) is 1. The van der Waals surface area contributed by atoms with Gasteiger partial charge in [-0.05, 0) is 18.9 Å². The SMILES string of the molecule is CC1=CC(F)(F)C(C(C)C)NC1=O. The Bertz CT molecular complexity index is 258. The summed E-state index contributed by atoms with van der Waals surface area (Å²) in [5.74, 6) is -3.60. The van der Waals surface area contributed by atoms with Crippen molar-refractivity contribution in [3.05, 3.63) is 11.6 Å². The normalized spacial score (nSPS) is 27.1. The zero-order valence-corrected chi connectivity index (χ0v) is 7.90. The Hall–Kier alpha value is -0.930. The van der Waals surface area contributed by atoms with Gasteiger partial charge in [0, 0.05) is 5.57 Å². The van der Waals surface area contributed by atoms with Gasteiger partial charge in [0.05, 0.1) is 6.04 Å². The molecule has 1 aliphatic heterocycles. The Morgan fingerprint density at radius 2 is 2.08 bits per heavy atom. The summed E-state index contributed by atoms with van der Waals surface area (Å²) in [7, 11) is 0. The summed E-state index contributed by atoms with van der Waals surface area (Å²) in [6.07, 6.45) is 0.747. The van der Waals surface area contributed by atoms with Crippen LogP contribution in [0.1, 0.15) is 20.8 Å². The average Bonchev–Trinajstić information content (AvgIpc) is 1.95. The molecule has 0 radical (unpaired) electrons. The van der Waals surface area contributed by atoms with E-state index in [0.29, 0.717) is 0 Å². The number of halogens is 2. The molecule has 0 spiro atoms. The Morgan fingerprint density at radius 3 is 2.54 bits per heavy atom. The number of hydrogen-bond acceptors (Lipinski definition) is 1. The van der Waals surface area contributed by atoms with Crippen LogP contribution in [-0.2, 0) is 4.79 Å². The van der Waals surface area contributed by atoms with Crippen molar-refractivity contribution in [1.29, 1.82) is 0 Å². The van der Waals surface area contributed by atoms with Gasteiger partial charge in [-0.2, -0.15) is 8.78 Å². The maximum atomic E-state index is 13.3. The summed E-state index contributed by atoms with van der Waals surface area (Å²) in [5, 5.41) is 2.30. The highest BCUT2D eigenvalue weighted by Gasteiger charge is 2.43. The molecule has 0 fully saturated rings.